The van der Waals surface area contributed by atoms with Crippen molar-refractivity contribution in [2.45, 2.75) is 51.0 Å². The van der Waals surface area contributed by atoms with E-state index in [1.54, 1.807) is 0 Å². The third kappa shape index (κ3) is 3.14. The number of hydrogen-bond donors (Lipinski definition) is 1. The largest absolute Gasteiger partial charge is 0.340 e. The number of nitrogens with zero attached hydrogens (tertiary/aromatic N) is 1. The number of fused-ring (bicyclic) bond motifs is 1. The van der Waals surface area contributed by atoms with Crippen molar-refractivity contribution in [2.24, 2.45) is 0 Å². The molecule has 19 heavy (non-hydrogen) atoms. The van der Waals surface area contributed by atoms with Crippen LogP contribution in [0.25, 0.3) is 0 Å². The van der Waals surface area contributed by atoms with Crippen LogP contribution in [0, 0.1) is 11.3 Å². The van der Waals surface area contributed by atoms with Gasteiger partial charge in [-0.25, -0.2) is 0 Å². The number of carbonyl (C=O) groups is 1. The van der Waals surface area contributed by atoms with Gasteiger partial charge in [0.2, 0.25) is 5.91 Å². The fraction of sp³-hybridized carbons (Fsp3) is 0.500. The quantitative estimate of drug-likeness (QED) is 0.900. The topological polar surface area (TPSA) is 52.9 Å². The van der Waals surface area contributed by atoms with Crippen LogP contribution in [0.4, 0.5) is 0 Å². The summed E-state index contributed by atoms with van der Waals surface area (Å²) in [7, 11) is 0. The zero-order valence-electron chi connectivity index (χ0n) is 11.4. The van der Waals surface area contributed by atoms with Gasteiger partial charge in [0, 0.05) is 0 Å². The highest BCUT2D eigenvalue weighted by atomic mass is 16.1. The van der Waals surface area contributed by atoms with Gasteiger partial charge in [0.1, 0.15) is 6.04 Å². The van der Waals surface area contributed by atoms with Crippen LogP contribution in [-0.4, -0.2) is 11.9 Å². The first-order valence-electron chi connectivity index (χ1n) is 7.04. The van der Waals surface area contributed by atoms with Crippen molar-refractivity contribution < 1.29 is 4.79 Å². The monoisotopic (exact) mass is 256 g/mol. The zero-order valence-corrected chi connectivity index (χ0v) is 11.4. The molecule has 100 valence electrons. The van der Waals surface area contributed by atoms with Crippen molar-refractivity contribution in [3.63, 3.8) is 0 Å². The molecule has 1 aliphatic rings. The summed E-state index contributed by atoms with van der Waals surface area (Å²) in [6, 6.07) is 9.96. The lowest BCUT2D eigenvalue weighted by atomic mass is 9.82. The highest BCUT2D eigenvalue weighted by Crippen LogP contribution is 2.31. The van der Waals surface area contributed by atoms with E-state index in [0.717, 1.165) is 37.7 Å². The van der Waals surface area contributed by atoms with Crippen molar-refractivity contribution >= 4 is 5.91 Å². The van der Waals surface area contributed by atoms with Crippen LogP contribution < -0.4 is 5.32 Å². The van der Waals surface area contributed by atoms with E-state index in [1.165, 1.54) is 5.56 Å². The number of nitriles is 1. The second-order valence-corrected chi connectivity index (χ2v) is 5.12. The molecule has 0 heterocycles. The van der Waals surface area contributed by atoms with Crippen LogP contribution in [0.15, 0.2) is 24.3 Å². The lowest BCUT2D eigenvalue weighted by Crippen LogP contribution is -2.38. The molecule has 1 aromatic carbocycles. The van der Waals surface area contributed by atoms with Gasteiger partial charge in [-0.15, -0.1) is 0 Å². The molecule has 3 nitrogen and oxygen atoms in total. The molecule has 1 aromatic rings. The Morgan fingerprint density at radius 3 is 3.05 bits per heavy atom. The third-order valence-corrected chi connectivity index (χ3v) is 3.74. The average molecular weight is 256 g/mol. The van der Waals surface area contributed by atoms with Gasteiger partial charge in [-0.1, -0.05) is 37.6 Å². The Morgan fingerprint density at radius 2 is 2.32 bits per heavy atom. The van der Waals surface area contributed by atoms with Gasteiger partial charge in [0.05, 0.1) is 12.0 Å². The Kier molecular flexibility index (Phi) is 4.57. The summed E-state index contributed by atoms with van der Waals surface area (Å²) < 4.78 is 0. The summed E-state index contributed by atoms with van der Waals surface area (Å²) in [6.45, 7) is 2.02. The summed E-state index contributed by atoms with van der Waals surface area (Å²) >= 11 is 0. The van der Waals surface area contributed by atoms with Gasteiger partial charge in [-0.05, 0) is 36.8 Å². The molecular weight excluding hydrogens is 236 g/mol. The van der Waals surface area contributed by atoms with E-state index in [4.69, 9.17) is 5.26 Å². The Morgan fingerprint density at radius 1 is 1.53 bits per heavy atom. The van der Waals surface area contributed by atoms with Crippen LogP contribution in [0.1, 0.15) is 49.7 Å². The molecule has 0 saturated carbocycles. The van der Waals surface area contributed by atoms with Gasteiger partial charge < -0.3 is 5.32 Å². The summed E-state index contributed by atoms with van der Waals surface area (Å²) in [5, 5.41) is 11.9. The normalized spacial score (nSPS) is 19.1. The van der Waals surface area contributed by atoms with Gasteiger partial charge in [-0.3, -0.25) is 4.79 Å². The van der Waals surface area contributed by atoms with E-state index in [-0.39, 0.29) is 17.9 Å². The third-order valence-electron chi connectivity index (χ3n) is 3.74. The highest BCUT2D eigenvalue weighted by molar-refractivity contribution is 5.84. The van der Waals surface area contributed by atoms with E-state index in [1.807, 2.05) is 25.1 Å². The lowest BCUT2D eigenvalue weighted by molar-refractivity contribution is -0.123. The lowest BCUT2D eigenvalue weighted by Gasteiger charge is -2.25. The number of nitrogens with one attached hydrogen (secondary N) is 1. The molecule has 0 fully saturated rings. The maximum atomic E-state index is 12.3. The van der Waals surface area contributed by atoms with Crippen LogP contribution in [-0.2, 0) is 11.2 Å². The van der Waals surface area contributed by atoms with Crippen LogP contribution >= 0.6 is 0 Å². The summed E-state index contributed by atoms with van der Waals surface area (Å²) in [5.74, 6) is -0.0789. The Balaban J connectivity index is 2.11. The first-order chi connectivity index (χ1) is 9.26. The van der Waals surface area contributed by atoms with Gasteiger partial charge in [0.25, 0.3) is 0 Å². The molecule has 1 aliphatic carbocycles. The van der Waals surface area contributed by atoms with E-state index in [9.17, 15) is 4.79 Å². The summed E-state index contributed by atoms with van der Waals surface area (Å²) in [4.78, 5) is 12.3. The Hall–Kier alpha value is -1.82. The van der Waals surface area contributed by atoms with Crippen LogP contribution in [0.2, 0.25) is 0 Å². The second-order valence-electron chi connectivity index (χ2n) is 5.12. The van der Waals surface area contributed by atoms with Crippen molar-refractivity contribution in [2.75, 3.05) is 0 Å². The number of carbonyl (C=O) groups excluding carboxylic acids is 1. The first kappa shape index (κ1) is 13.6. The average Bonchev–Trinajstić information content (AvgIpc) is 2.46. The van der Waals surface area contributed by atoms with Crippen molar-refractivity contribution in [3.8, 4) is 6.07 Å². The molecule has 1 amide bonds. The molecule has 0 spiro atoms. The molecule has 1 N–H and O–H groups in total. The Labute approximate surface area is 114 Å². The standard InChI is InChI=1S/C16H20N2O/c1-2-6-13(11-17)18-16(19)15-10-5-8-12-7-3-4-9-14(12)15/h3-4,7,9,13,15H,2,5-6,8,10H2,1H3,(H,18,19). The molecule has 3 heteroatoms. The van der Waals surface area contributed by atoms with E-state index in [2.05, 4.69) is 17.5 Å². The fourth-order valence-electron chi connectivity index (χ4n) is 2.76. The number of benzene rings is 1. The number of aryl methyl sites for hydroxylation is 1. The minimum Gasteiger partial charge on any atom is -0.340 e. The first-order valence-corrected chi connectivity index (χ1v) is 7.04. The molecule has 2 rings (SSSR count). The summed E-state index contributed by atoms with van der Waals surface area (Å²) in [5.41, 5.74) is 2.41. The maximum absolute atomic E-state index is 12.3. The smallest absolute Gasteiger partial charge is 0.228 e. The van der Waals surface area contributed by atoms with Gasteiger partial charge in [0.15, 0.2) is 0 Å². The fourth-order valence-corrected chi connectivity index (χ4v) is 2.76. The predicted octanol–water partition coefficient (Wildman–Crippen LogP) is 2.91. The Bertz CT molecular complexity index is 490. The van der Waals surface area contributed by atoms with E-state index < -0.39 is 0 Å². The summed E-state index contributed by atoms with van der Waals surface area (Å²) in [6.07, 6.45) is 4.60. The van der Waals surface area contributed by atoms with Crippen molar-refractivity contribution in [1.82, 2.24) is 5.32 Å². The van der Waals surface area contributed by atoms with E-state index in [0.29, 0.717) is 0 Å². The van der Waals surface area contributed by atoms with Crippen LogP contribution in [0.5, 0.6) is 0 Å². The number of rotatable bonds is 4. The molecular formula is C16H20N2O. The van der Waals surface area contributed by atoms with Gasteiger partial charge in [-0.2, -0.15) is 5.26 Å². The minimum atomic E-state index is -0.355. The second kappa shape index (κ2) is 6.38. The molecule has 0 bridgehead atoms. The minimum absolute atomic E-state index is 0.00662. The SMILES string of the molecule is CCCC(C#N)NC(=O)C1CCCc2ccccc21. The number of amides is 1. The zero-order chi connectivity index (χ0) is 13.7. The number of hydrogen-bond acceptors (Lipinski definition) is 2. The molecule has 0 aliphatic heterocycles. The molecule has 0 radical (unpaired) electrons. The molecule has 0 aromatic heterocycles. The highest BCUT2D eigenvalue weighted by Gasteiger charge is 2.27. The van der Waals surface area contributed by atoms with Crippen molar-refractivity contribution in [1.29, 1.82) is 5.26 Å². The van der Waals surface area contributed by atoms with Gasteiger partial charge >= 0.3 is 0 Å². The molecule has 2 atom stereocenters. The maximum Gasteiger partial charge on any atom is 0.228 e. The van der Waals surface area contributed by atoms with Crippen molar-refractivity contribution in [3.05, 3.63) is 35.4 Å². The molecule has 0 saturated heterocycles. The van der Waals surface area contributed by atoms with Crippen LogP contribution in [0.3, 0.4) is 0 Å². The van der Waals surface area contributed by atoms with E-state index >= 15 is 0 Å². The predicted molar refractivity (Wildman–Crippen MR) is 74.6 cm³/mol. The molecule has 2 unspecified atom stereocenters.